The average Bonchev–Trinajstić information content (AvgIpc) is 2.17. The summed E-state index contributed by atoms with van der Waals surface area (Å²) in [6.45, 7) is 9.63. The number of hydrogen-bond acceptors (Lipinski definition) is 1. The van der Waals surface area contributed by atoms with Crippen molar-refractivity contribution in [2.75, 3.05) is 19.6 Å². The van der Waals surface area contributed by atoms with Crippen LogP contribution in [0.15, 0.2) is 12.7 Å². The second-order valence-electron chi connectivity index (χ2n) is 2.94. The molecule has 0 amide bonds. The molecule has 0 N–H and O–H groups in total. The molecule has 0 radical (unpaired) electrons. The molecule has 0 bridgehead atoms. The Balaban J connectivity index is 2.21. The molecule has 1 saturated heterocycles. The molecule has 1 heterocycles. The molecule has 1 rings (SSSR count). The highest BCUT2D eigenvalue weighted by molar-refractivity contribution is 4.79. The molecule has 1 aliphatic rings. The van der Waals surface area contributed by atoms with E-state index in [4.69, 9.17) is 0 Å². The van der Waals surface area contributed by atoms with Crippen LogP contribution < -0.4 is 0 Å². The fourth-order valence-electron chi connectivity index (χ4n) is 1.37. The van der Waals surface area contributed by atoms with Gasteiger partial charge >= 0.3 is 0 Å². The van der Waals surface area contributed by atoms with Gasteiger partial charge in [0.25, 0.3) is 0 Å². The lowest BCUT2D eigenvalue weighted by Crippen LogP contribution is -2.19. The minimum Gasteiger partial charge on any atom is -0.299 e. The van der Waals surface area contributed by atoms with Crippen molar-refractivity contribution in [1.29, 1.82) is 0 Å². The van der Waals surface area contributed by atoms with E-state index in [-0.39, 0.29) is 0 Å². The lowest BCUT2D eigenvalue weighted by atomic mass is 10.2. The van der Waals surface area contributed by atoms with E-state index in [0.717, 1.165) is 12.5 Å². The molecule has 1 nitrogen and oxygen atoms in total. The third-order valence-electron chi connectivity index (χ3n) is 1.90. The van der Waals surface area contributed by atoms with Crippen molar-refractivity contribution in [2.24, 2.45) is 5.92 Å². The summed E-state index contributed by atoms with van der Waals surface area (Å²) in [6.07, 6.45) is 3.35. The van der Waals surface area contributed by atoms with Crippen LogP contribution in [0.5, 0.6) is 0 Å². The molecule has 0 aromatic carbocycles. The van der Waals surface area contributed by atoms with Gasteiger partial charge in [0.1, 0.15) is 0 Å². The van der Waals surface area contributed by atoms with Gasteiger partial charge in [-0.15, -0.1) is 6.58 Å². The second kappa shape index (κ2) is 3.02. The summed E-state index contributed by atoms with van der Waals surface area (Å²) in [6, 6.07) is 0. The maximum absolute atomic E-state index is 3.71. The minimum absolute atomic E-state index is 0.907. The lowest BCUT2D eigenvalue weighted by Gasteiger charge is -2.10. The molecule has 1 atom stereocenters. The van der Waals surface area contributed by atoms with Crippen LogP contribution in [-0.4, -0.2) is 24.5 Å². The van der Waals surface area contributed by atoms with Gasteiger partial charge in [0.2, 0.25) is 0 Å². The quantitative estimate of drug-likeness (QED) is 0.506. The minimum atomic E-state index is 0.907. The van der Waals surface area contributed by atoms with Gasteiger partial charge in [-0.3, -0.25) is 4.90 Å². The third kappa shape index (κ3) is 1.83. The Morgan fingerprint density at radius 3 is 3.00 bits per heavy atom. The summed E-state index contributed by atoms with van der Waals surface area (Å²) >= 11 is 0. The predicted molar refractivity (Wildman–Crippen MR) is 40.4 cm³/mol. The zero-order valence-corrected chi connectivity index (χ0v) is 6.14. The molecule has 0 aliphatic carbocycles. The standard InChI is InChI=1S/C8H15N/c1-3-5-9-6-4-8(2)7-9/h3,8H,1,4-7H2,2H3/t8-/m1/s1. The molecule has 0 aromatic rings. The van der Waals surface area contributed by atoms with E-state index in [1.165, 1.54) is 19.5 Å². The molecular weight excluding hydrogens is 110 g/mol. The first-order chi connectivity index (χ1) is 4.33. The molecule has 1 aliphatic heterocycles. The summed E-state index contributed by atoms with van der Waals surface area (Å²) in [7, 11) is 0. The summed E-state index contributed by atoms with van der Waals surface area (Å²) in [5.74, 6) is 0.907. The van der Waals surface area contributed by atoms with Crippen LogP contribution in [-0.2, 0) is 0 Å². The van der Waals surface area contributed by atoms with Gasteiger partial charge in [0.05, 0.1) is 0 Å². The van der Waals surface area contributed by atoms with Gasteiger partial charge < -0.3 is 0 Å². The molecular formula is C8H15N. The van der Waals surface area contributed by atoms with Crippen LogP contribution in [0.25, 0.3) is 0 Å². The molecule has 0 saturated carbocycles. The predicted octanol–water partition coefficient (Wildman–Crippen LogP) is 1.51. The van der Waals surface area contributed by atoms with Crippen molar-refractivity contribution in [3.05, 3.63) is 12.7 Å². The zero-order valence-electron chi connectivity index (χ0n) is 6.14. The van der Waals surface area contributed by atoms with E-state index in [9.17, 15) is 0 Å². The largest absolute Gasteiger partial charge is 0.299 e. The maximum atomic E-state index is 3.71. The number of rotatable bonds is 2. The Bertz CT molecular complexity index is 98.7. The lowest BCUT2D eigenvalue weighted by molar-refractivity contribution is 0.364. The van der Waals surface area contributed by atoms with Crippen LogP contribution in [0, 0.1) is 5.92 Å². The molecule has 1 fully saturated rings. The second-order valence-corrected chi connectivity index (χ2v) is 2.94. The van der Waals surface area contributed by atoms with Crippen molar-refractivity contribution >= 4 is 0 Å². The number of hydrogen-bond donors (Lipinski definition) is 0. The third-order valence-corrected chi connectivity index (χ3v) is 1.90. The van der Waals surface area contributed by atoms with E-state index in [0.29, 0.717) is 0 Å². The first-order valence-electron chi connectivity index (χ1n) is 3.66. The molecule has 0 unspecified atom stereocenters. The highest BCUT2D eigenvalue weighted by Crippen LogP contribution is 2.13. The van der Waals surface area contributed by atoms with Crippen LogP contribution in [0.2, 0.25) is 0 Å². The maximum Gasteiger partial charge on any atom is 0.0160 e. The van der Waals surface area contributed by atoms with E-state index in [1.54, 1.807) is 0 Å². The van der Waals surface area contributed by atoms with Crippen molar-refractivity contribution < 1.29 is 0 Å². The first-order valence-corrected chi connectivity index (χ1v) is 3.66. The van der Waals surface area contributed by atoms with E-state index in [1.807, 2.05) is 6.08 Å². The Morgan fingerprint density at radius 2 is 2.56 bits per heavy atom. The van der Waals surface area contributed by atoms with Crippen LogP contribution in [0.4, 0.5) is 0 Å². The highest BCUT2D eigenvalue weighted by atomic mass is 15.1. The summed E-state index contributed by atoms with van der Waals surface area (Å²) < 4.78 is 0. The van der Waals surface area contributed by atoms with Crippen LogP contribution in [0.1, 0.15) is 13.3 Å². The van der Waals surface area contributed by atoms with Gasteiger partial charge in [-0.2, -0.15) is 0 Å². The molecule has 9 heavy (non-hydrogen) atoms. The van der Waals surface area contributed by atoms with Gasteiger partial charge in [0, 0.05) is 13.1 Å². The van der Waals surface area contributed by atoms with Crippen molar-refractivity contribution in [3.8, 4) is 0 Å². The van der Waals surface area contributed by atoms with E-state index >= 15 is 0 Å². The summed E-state index contributed by atoms with van der Waals surface area (Å²) in [5.41, 5.74) is 0. The van der Waals surface area contributed by atoms with Crippen molar-refractivity contribution in [2.45, 2.75) is 13.3 Å². The van der Waals surface area contributed by atoms with Gasteiger partial charge in [-0.1, -0.05) is 13.0 Å². The number of likely N-dealkylation sites (tertiary alicyclic amines) is 1. The smallest absolute Gasteiger partial charge is 0.0160 e. The Morgan fingerprint density at radius 1 is 1.78 bits per heavy atom. The molecule has 0 aromatic heterocycles. The fraction of sp³-hybridized carbons (Fsp3) is 0.750. The highest BCUT2D eigenvalue weighted by Gasteiger charge is 2.16. The van der Waals surface area contributed by atoms with Crippen molar-refractivity contribution in [1.82, 2.24) is 4.90 Å². The first kappa shape index (κ1) is 6.81. The van der Waals surface area contributed by atoms with Gasteiger partial charge in [-0.05, 0) is 18.9 Å². The monoisotopic (exact) mass is 125 g/mol. The van der Waals surface area contributed by atoms with Crippen molar-refractivity contribution in [3.63, 3.8) is 0 Å². The number of nitrogens with zero attached hydrogens (tertiary/aromatic N) is 1. The van der Waals surface area contributed by atoms with Gasteiger partial charge in [0.15, 0.2) is 0 Å². The summed E-state index contributed by atoms with van der Waals surface area (Å²) in [5, 5.41) is 0. The van der Waals surface area contributed by atoms with E-state index < -0.39 is 0 Å². The normalized spacial score (nSPS) is 28.8. The average molecular weight is 125 g/mol. The molecule has 1 heteroatoms. The summed E-state index contributed by atoms with van der Waals surface area (Å²) in [4.78, 5) is 2.44. The Kier molecular flexibility index (Phi) is 2.29. The topological polar surface area (TPSA) is 3.24 Å². The van der Waals surface area contributed by atoms with E-state index in [2.05, 4.69) is 18.4 Å². The SMILES string of the molecule is C=CCN1CC[C@@H](C)C1. The Hall–Kier alpha value is -0.300. The molecule has 52 valence electrons. The molecule has 0 spiro atoms. The fourth-order valence-corrected chi connectivity index (χ4v) is 1.37. The Labute approximate surface area is 57.4 Å². The van der Waals surface area contributed by atoms with Gasteiger partial charge in [-0.25, -0.2) is 0 Å². The van der Waals surface area contributed by atoms with Crippen LogP contribution in [0.3, 0.4) is 0 Å². The van der Waals surface area contributed by atoms with Crippen LogP contribution >= 0.6 is 0 Å². The zero-order chi connectivity index (χ0) is 6.69.